The molecule has 0 aliphatic rings. The molecule has 0 saturated carbocycles. The molecule has 0 saturated heterocycles. The molecule has 0 aliphatic heterocycles. The summed E-state index contributed by atoms with van der Waals surface area (Å²) < 4.78 is 17.5. The fourth-order valence-electron chi connectivity index (χ4n) is 2.06. The highest BCUT2D eigenvalue weighted by atomic mass is 16.8. The van der Waals surface area contributed by atoms with Gasteiger partial charge in [0.05, 0.1) is 6.61 Å². The van der Waals surface area contributed by atoms with E-state index in [1.165, 1.54) is 0 Å². The Labute approximate surface area is 118 Å². The van der Waals surface area contributed by atoms with Crippen molar-refractivity contribution in [3.63, 3.8) is 0 Å². The molecule has 0 aliphatic carbocycles. The van der Waals surface area contributed by atoms with Crippen molar-refractivity contribution in [2.45, 2.75) is 66.5 Å². The van der Waals surface area contributed by atoms with Gasteiger partial charge >= 0.3 is 0 Å². The van der Waals surface area contributed by atoms with Gasteiger partial charge in [0.15, 0.2) is 0 Å². The van der Waals surface area contributed by atoms with Gasteiger partial charge in [-0.15, -0.1) is 5.06 Å². The third-order valence-corrected chi connectivity index (χ3v) is 2.76. The van der Waals surface area contributed by atoms with Crippen LogP contribution in [0.4, 0.5) is 0 Å². The summed E-state index contributed by atoms with van der Waals surface area (Å²) in [5.41, 5.74) is 0. The predicted octanol–water partition coefficient (Wildman–Crippen LogP) is 3.15. The summed E-state index contributed by atoms with van der Waals surface area (Å²) >= 11 is 0. The largest absolute Gasteiger partial charge is 0.361 e. The van der Waals surface area contributed by atoms with E-state index >= 15 is 0 Å². The van der Waals surface area contributed by atoms with E-state index in [1.54, 1.807) is 5.06 Å². The van der Waals surface area contributed by atoms with Crippen molar-refractivity contribution < 1.29 is 19.0 Å². The predicted molar refractivity (Wildman–Crippen MR) is 75.4 cm³/mol. The minimum Gasteiger partial charge on any atom is -0.361 e. The van der Waals surface area contributed by atoms with Crippen LogP contribution in [0.3, 0.4) is 0 Å². The summed E-state index contributed by atoms with van der Waals surface area (Å²) in [6, 6.07) is 0. The van der Waals surface area contributed by atoms with Crippen LogP contribution in [0.1, 0.15) is 54.4 Å². The maximum absolute atomic E-state index is 5.86. The van der Waals surface area contributed by atoms with E-state index in [0.29, 0.717) is 32.8 Å². The monoisotopic (exact) mass is 277 g/mol. The molecule has 116 valence electrons. The Morgan fingerprint density at radius 2 is 1.42 bits per heavy atom. The first-order valence-electron chi connectivity index (χ1n) is 7.47. The summed E-state index contributed by atoms with van der Waals surface area (Å²) in [7, 11) is 0. The molecule has 0 amide bonds. The third-order valence-electron chi connectivity index (χ3n) is 2.76. The molecule has 0 N–H and O–H groups in total. The Bertz CT molecular complexity index is 208. The van der Waals surface area contributed by atoms with Crippen molar-refractivity contribution in [2.24, 2.45) is 0 Å². The number of ether oxygens (including phenoxy) is 3. The molecule has 5 nitrogen and oxygen atoms in total. The summed E-state index contributed by atoms with van der Waals surface area (Å²) in [6.07, 6.45) is 1.29. The minimum atomic E-state index is -0.880. The van der Waals surface area contributed by atoms with Crippen LogP contribution in [-0.4, -0.2) is 43.6 Å². The van der Waals surface area contributed by atoms with Gasteiger partial charge in [-0.3, -0.25) is 4.84 Å². The van der Waals surface area contributed by atoms with Gasteiger partial charge in [-0.25, -0.2) is 0 Å². The van der Waals surface area contributed by atoms with E-state index in [2.05, 4.69) is 6.92 Å². The molecule has 0 bridgehead atoms. The van der Waals surface area contributed by atoms with E-state index in [4.69, 9.17) is 19.0 Å². The zero-order valence-corrected chi connectivity index (χ0v) is 13.4. The van der Waals surface area contributed by atoms with E-state index in [0.717, 1.165) is 6.42 Å². The Balaban J connectivity index is 5.20. The maximum atomic E-state index is 5.86. The fourth-order valence-corrected chi connectivity index (χ4v) is 2.06. The summed E-state index contributed by atoms with van der Waals surface area (Å²) in [4.78, 5) is 5.77. The lowest BCUT2D eigenvalue weighted by atomic mass is 10.3. The first kappa shape index (κ1) is 18.8. The number of hydrogen-bond acceptors (Lipinski definition) is 5. The Hall–Kier alpha value is -0.200. The standard InChI is InChI=1S/C14H31NO4/c1-7-13(16-9-3)15(19-12-6)14(8-2,17-10-4)18-11-5/h13H,7-12H2,1-6H3. The number of rotatable bonds is 12. The van der Waals surface area contributed by atoms with Crippen LogP contribution in [0.2, 0.25) is 0 Å². The molecule has 0 aromatic heterocycles. The summed E-state index contributed by atoms with van der Waals surface area (Å²) in [6.45, 7) is 14.2. The first-order valence-corrected chi connectivity index (χ1v) is 7.47. The highest BCUT2D eigenvalue weighted by molar-refractivity contribution is 4.68. The normalized spacial score (nSPS) is 14.1. The topological polar surface area (TPSA) is 40.2 Å². The van der Waals surface area contributed by atoms with Crippen LogP contribution in [-0.2, 0) is 19.0 Å². The molecule has 0 heterocycles. The Morgan fingerprint density at radius 1 is 0.842 bits per heavy atom. The van der Waals surface area contributed by atoms with Crippen molar-refractivity contribution in [1.29, 1.82) is 0 Å². The first-order chi connectivity index (χ1) is 9.15. The Morgan fingerprint density at radius 3 is 1.74 bits per heavy atom. The lowest BCUT2D eigenvalue weighted by molar-refractivity contribution is -0.441. The molecule has 1 unspecified atom stereocenters. The molecule has 19 heavy (non-hydrogen) atoms. The van der Waals surface area contributed by atoms with Gasteiger partial charge in [-0.1, -0.05) is 13.8 Å². The smallest absolute Gasteiger partial charge is 0.254 e. The summed E-state index contributed by atoms with van der Waals surface area (Å²) in [5.74, 6) is -0.880. The molecule has 0 aromatic rings. The highest BCUT2D eigenvalue weighted by Crippen LogP contribution is 2.28. The van der Waals surface area contributed by atoms with Gasteiger partial charge < -0.3 is 14.2 Å². The lowest BCUT2D eigenvalue weighted by Crippen LogP contribution is -2.57. The van der Waals surface area contributed by atoms with E-state index < -0.39 is 5.91 Å². The van der Waals surface area contributed by atoms with Gasteiger partial charge in [0.2, 0.25) is 0 Å². The fraction of sp³-hybridized carbons (Fsp3) is 1.00. The Kier molecular flexibility index (Phi) is 10.5. The summed E-state index contributed by atoms with van der Waals surface area (Å²) in [5, 5.41) is 1.74. The van der Waals surface area contributed by atoms with Crippen LogP contribution in [0.25, 0.3) is 0 Å². The van der Waals surface area contributed by atoms with Crippen molar-refractivity contribution in [1.82, 2.24) is 5.06 Å². The second kappa shape index (κ2) is 10.6. The third kappa shape index (κ3) is 5.36. The molecule has 0 aromatic carbocycles. The van der Waals surface area contributed by atoms with Crippen LogP contribution in [0.5, 0.6) is 0 Å². The zero-order chi connectivity index (χ0) is 14.7. The van der Waals surface area contributed by atoms with Crippen molar-refractivity contribution in [3.05, 3.63) is 0 Å². The van der Waals surface area contributed by atoms with Crippen molar-refractivity contribution in [3.8, 4) is 0 Å². The number of hydrogen-bond donors (Lipinski definition) is 0. The number of nitrogens with zero attached hydrogens (tertiary/aromatic N) is 1. The van der Waals surface area contributed by atoms with Crippen molar-refractivity contribution in [2.75, 3.05) is 26.4 Å². The van der Waals surface area contributed by atoms with Crippen molar-refractivity contribution >= 4 is 0 Å². The van der Waals surface area contributed by atoms with Gasteiger partial charge in [0, 0.05) is 26.2 Å². The average Bonchev–Trinajstić information content (AvgIpc) is 2.42. The van der Waals surface area contributed by atoms with E-state index in [-0.39, 0.29) is 6.23 Å². The van der Waals surface area contributed by atoms with Crippen LogP contribution in [0, 0.1) is 0 Å². The second-order valence-corrected chi connectivity index (χ2v) is 3.99. The average molecular weight is 277 g/mol. The van der Waals surface area contributed by atoms with Crippen LogP contribution in [0.15, 0.2) is 0 Å². The van der Waals surface area contributed by atoms with Gasteiger partial charge in [-0.05, 0) is 34.1 Å². The maximum Gasteiger partial charge on any atom is 0.254 e. The van der Waals surface area contributed by atoms with E-state index in [1.807, 2.05) is 34.6 Å². The molecule has 5 heteroatoms. The number of hydroxylamine groups is 2. The molecule has 0 rings (SSSR count). The molecule has 1 atom stereocenters. The second-order valence-electron chi connectivity index (χ2n) is 3.99. The van der Waals surface area contributed by atoms with E-state index in [9.17, 15) is 0 Å². The van der Waals surface area contributed by atoms with Gasteiger partial charge in [0.25, 0.3) is 5.91 Å². The van der Waals surface area contributed by atoms with Gasteiger partial charge in [0.1, 0.15) is 6.23 Å². The molecule has 0 radical (unpaired) electrons. The lowest BCUT2D eigenvalue weighted by Gasteiger charge is -2.43. The van der Waals surface area contributed by atoms with Gasteiger partial charge in [-0.2, -0.15) is 0 Å². The molecular formula is C14H31NO4. The highest BCUT2D eigenvalue weighted by Gasteiger charge is 2.42. The van der Waals surface area contributed by atoms with Crippen LogP contribution >= 0.6 is 0 Å². The molecular weight excluding hydrogens is 246 g/mol. The van der Waals surface area contributed by atoms with Crippen LogP contribution < -0.4 is 0 Å². The minimum absolute atomic E-state index is 0.178. The molecule has 0 spiro atoms. The SMILES string of the molecule is CCOC(CC)N(OCC)C(CC)(OCC)OCC. The molecule has 0 fully saturated rings. The quantitative estimate of drug-likeness (QED) is 0.405. The zero-order valence-electron chi connectivity index (χ0n) is 13.4.